The Kier molecular flexibility index (Phi) is 3.59. The summed E-state index contributed by atoms with van der Waals surface area (Å²) < 4.78 is 5.45. The van der Waals surface area contributed by atoms with Crippen LogP contribution in [-0.2, 0) is 12.3 Å². The Morgan fingerprint density at radius 1 is 1.26 bits per heavy atom. The summed E-state index contributed by atoms with van der Waals surface area (Å²) in [5.41, 5.74) is 3.17. The summed E-state index contributed by atoms with van der Waals surface area (Å²) in [6.45, 7) is 0.415. The second-order valence-corrected chi connectivity index (χ2v) is 6.18. The van der Waals surface area contributed by atoms with Crippen LogP contribution in [0.4, 0.5) is 0 Å². The van der Waals surface area contributed by atoms with Gasteiger partial charge in [0.15, 0.2) is 11.5 Å². The molecule has 3 heterocycles. The van der Waals surface area contributed by atoms with E-state index in [0.29, 0.717) is 23.8 Å². The van der Waals surface area contributed by atoms with Crippen molar-refractivity contribution in [3.63, 3.8) is 0 Å². The van der Waals surface area contributed by atoms with Crippen LogP contribution in [0.5, 0.6) is 0 Å². The molecule has 0 fully saturated rings. The molecular formula is C17H13N3O2S. The molecule has 0 aliphatic carbocycles. The summed E-state index contributed by atoms with van der Waals surface area (Å²) in [5, 5.41) is 6.86. The van der Waals surface area contributed by atoms with E-state index < -0.39 is 0 Å². The van der Waals surface area contributed by atoms with Crippen LogP contribution in [0.3, 0.4) is 0 Å². The minimum Gasteiger partial charge on any atom is -0.355 e. The van der Waals surface area contributed by atoms with E-state index in [9.17, 15) is 4.79 Å². The lowest BCUT2D eigenvalue weighted by Crippen LogP contribution is -2.24. The molecule has 0 atom stereocenters. The van der Waals surface area contributed by atoms with Crippen molar-refractivity contribution < 1.29 is 9.32 Å². The largest absolute Gasteiger partial charge is 0.355 e. The van der Waals surface area contributed by atoms with Gasteiger partial charge in [-0.3, -0.25) is 9.78 Å². The lowest BCUT2D eigenvalue weighted by atomic mass is 10.1. The Balaban J connectivity index is 1.57. The number of nitrogens with one attached hydrogen (secondary N) is 1. The van der Waals surface area contributed by atoms with E-state index in [-0.39, 0.29) is 5.91 Å². The quantitative estimate of drug-likeness (QED) is 0.801. The Labute approximate surface area is 137 Å². The topological polar surface area (TPSA) is 68.0 Å². The second-order valence-electron chi connectivity index (χ2n) is 5.17. The van der Waals surface area contributed by atoms with E-state index in [1.54, 1.807) is 24.2 Å². The Morgan fingerprint density at radius 2 is 2.17 bits per heavy atom. The number of carbonyl (C=O) groups is 1. The minimum absolute atomic E-state index is 0.223. The van der Waals surface area contributed by atoms with Gasteiger partial charge in [-0.05, 0) is 23.8 Å². The fraction of sp³-hybridized carbons (Fsp3) is 0.118. The molecule has 114 valence electrons. The first-order valence-corrected chi connectivity index (χ1v) is 8.19. The summed E-state index contributed by atoms with van der Waals surface area (Å²) >= 11 is 1.69. The highest BCUT2D eigenvalue weighted by molar-refractivity contribution is 7.98. The summed E-state index contributed by atoms with van der Waals surface area (Å²) in [6, 6.07) is 11.7. The van der Waals surface area contributed by atoms with Gasteiger partial charge in [0, 0.05) is 40.7 Å². The first-order chi connectivity index (χ1) is 11.3. The standard InChI is InChI=1S/C17H13N3O2S/c21-17(19-9-11-4-3-7-18-8-11)15-13-10-23-14-6-2-1-5-12(14)16(13)22-20-15/h1-8H,9-10H2,(H,19,21). The number of hydrogen-bond donors (Lipinski definition) is 1. The molecule has 4 rings (SSSR count). The molecule has 1 aromatic carbocycles. The van der Waals surface area contributed by atoms with Crippen LogP contribution in [-0.4, -0.2) is 16.0 Å². The van der Waals surface area contributed by atoms with E-state index in [1.165, 1.54) is 0 Å². The predicted octanol–water partition coefficient (Wildman–Crippen LogP) is 3.27. The number of thioether (sulfide) groups is 1. The lowest BCUT2D eigenvalue weighted by Gasteiger charge is -2.13. The summed E-state index contributed by atoms with van der Waals surface area (Å²) in [7, 11) is 0. The molecule has 0 unspecified atom stereocenters. The summed E-state index contributed by atoms with van der Waals surface area (Å²) in [5.74, 6) is 1.16. The third-order valence-electron chi connectivity index (χ3n) is 3.68. The highest BCUT2D eigenvalue weighted by atomic mass is 32.2. The second kappa shape index (κ2) is 5.89. The van der Waals surface area contributed by atoms with Crippen LogP contribution in [0.15, 0.2) is 58.2 Å². The first-order valence-electron chi connectivity index (χ1n) is 7.21. The monoisotopic (exact) mass is 323 g/mol. The Hall–Kier alpha value is -2.60. The maximum absolute atomic E-state index is 12.4. The van der Waals surface area contributed by atoms with Crippen LogP contribution in [0, 0.1) is 0 Å². The van der Waals surface area contributed by atoms with Crippen molar-refractivity contribution in [2.45, 2.75) is 17.2 Å². The zero-order chi connectivity index (χ0) is 15.6. The maximum Gasteiger partial charge on any atom is 0.274 e. The molecule has 5 nitrogen and oxygen atoms in total. The molecule has 3 aromatic rings. The third kappa shape index (κ3) is 2.61. The lowest BCUT2D eigenvalue weighted by molar-refractivity contribution is 0.0941. The van der Waals surface area contributed by atoms with Crippen LogP contribution in [0.2, 0.25) is 0 Å². The van der Waals surface area contributed by atoms with Gasteiger partial charge in [-0.2, -0.15) is 0 Å². The number of pyridine rings is 1. The fourth-order valence-corrected chi connectivity index (χ4v) is 3.59. The number of hydrogen-bond acceptors (Lipinski definition) is 5. The summed E-state index contributed by atoms with van der Waals surface area (Å²) in [4.78, 5) is 17.6. The van der Waals surface area contributed by atoms with E-state index in [4.69, 9.17) is 4.52 Å². The molecule has 6 heteroatoms. The molecule has 1 amide bonds. The molecule has 0 saturated carbocycles. The highest BCUT2D eigenvalue weighted by Gasteiger charge is 2.27. The predicted molar refractivity (Wildman–Crippen MR) is 86.9 cm³/mol. The number of benzene rings is 1. The van der Waals surface area contributed by atoms with Gasteiger partial charge < -0.3 is 9.84 Å². The number of rotatable bonds is 3. The average Bonchev–Trinajstić information content (AvgIpc) is 3.05. The molecular weight excluding hydrogens is 310 g/mol. The van der Waals surface area contributed by atoms with Crippen molar-refractivity contribution in [3.8, 4) is 11.3 Å². The normalized spacial score (nSPS) is 12.3. The fourth-order valence-electron chi connectivity index (χ4n) is 2.53. The maximum atomic E-state index is 12.4. The van der Waals surface area contributed by atoms with Gasteiger partial charge in [0.25, 0.3) is 5.91 Å². The molecule has 23 heavy (non-hydrogen) atoms. The zero-order valence-electron chi connectivity index (χ0n) is 12.2. The summed E-state index contributed by atoms with van der Waals surface area (Å²) in [6.07, 6.45) is 3.43. The smallest absolute Gasteiger partial charge is 0.274 e. The van der Waals surface area contributed by atoms with Gasteiger partial charge in [-0.15, -0.1) is 11.8 Å². The van der Waals surface area contributed by atoms with Gasteiger partial charge in [-0.1, -0.05) is 23.4 Å². The van der Waals surface area contributed by atoms with E-state index in [0.717, 1.165) is 21.6 Å². The van der Waals surface area contributed by atoms with Crippen LogP contribution in [0.25, 0.3) is 11.3 Å². The zero-order valence-corrected chi connectivity index (χ0v) is 13.0. The number of amides is 1. The molecule has 0 radical (unpaired) electrons. The van der Waals surface area contributed by atoms with E-state index in [2.05, 4.69) is 15.5 Å². The number of carbonyl (C=O) groups excluding carboxylic acids is 1. The van der Waals surface area contributed by atoms with Gasteiger partial charge >= 0.3 is 0 Å². The highest BCUT2D eigenvalue weighted by Crippen LogP contribution is 2.42. The van der Waals surface area contributed by atoms with Crippen LogP contribution in [0.1, 0.15) is 21.6 Å². The number of aromatic nitrogens is 2. The van der Waals surface area contributed by atoms with Crippen molar-refractivity contribution in [1.29, 1.82) is 0 Å². The van der Waals surface area contributed by atoms with Crippen molar-refractivity contribution in [2.75, 3.05) is 0 Å². The van der Waals surface area contributed by atoms with E-state index >= 15 is 0 Å². The Morgan fingerprint density at radius 3 is 3.04 bits per heavy atom. The number of fused-ring (bicyclic) bond motifs is 3. The van der Waals surface area contributed by atoms with Crippen molar-refractivity contribution in [3.05, 3.63) is 65.6 Å². The average molecular weight is 323 g/mol. The van der Waals surface area contributed by atoms with Crippen LogP contribution >= 0.6 is 11.8 Å². The Bertz CT molecular complexity index is 861. The molecule has 1 N–H and O–H groups in total. The molecule has 2 aromatic heterocycles. The van der Waals surface area contributed by atoms with Gasteiger partial charge in [0.2, 0.25) is 0 Å². The molecule has 0 saturated heterocycles. The molecule has 1 aliphatic heterocycles. The van der Waals surface area contributed by atoms with Crippen LogP contribution < -0.4 is 5.32 Å². The third-order valence-corrected chi connectivity index (χ3v) is 4.78. The molecule has 0 spiro atoms. The van der Waals surface area contributed by atoms with Gasteiger partial charge in [-0.25, -0.2) is 0 Å². The van der Waals surface area contributed by atoms with Crippen molar-refractivity contribution in [2.24, 2.45) is 0 Å². The number of nitrogens with zero attached hydrogens (tertiary/aromatic N) is 2. The SMILES string of the molecule is O=C(NCc1cccnc1)c1noc2c1CSc1ccccc1-2. The van der Waals surface area contributed by atoms with Crippen molar-refractivity contribution >= 4 is 17.7 Å². The minimum atomic E-state index is -0.223. The van der Waals surface area contributed by atoms with Gasteiger partial charge in [0.1, 0.15) is 0 Å². The van der Waals surface area contributed by atoms with E-state index in [1.807, 2.05) is 36.4 Å². The van der Waals surface area contributed by atoms with Crippen molar-refractivity contribution in [1.82, 2.24) is 15.5 Å². The molecule has 0 bridgehead atoms. The van der Waals surface area contributed by atoms with Gasteiger partial charge in [0.05, 0.1) is 0 Å². The first kappa shape index (κ1) is 14.0. The molecule has 1 aliphatic rings.